The lowest BCUT2D eigenvalue weighted by molar-refractivity contribution is 1.54. The summed E-state index contributed by atoms with van der Waals surface area (Å²) in [6, 6.07) is 18.0. The first-order chi connectivity index (χ1) is 8.34. The van der Waals surface area contributed by atoms with Gasteiger partial charge in [0, 0.05) is 10.7 Å². The molecule has 0 aliphatic heterocycles. The van der Waals surface area contributed by atoms with Crippen molar-refractivity contribution in [2.24, 2.45) is 4.99 Å². The second-order valence-electron chi connectivity index (χ2n) is 3.52. The number of aliphatic imine (C=N–C) groups is 1. The predicted octanol–water partition coefficient (Wildman–Crippen LogP) is 4.86. The number of para-hydroxylation sites is 1. The third-order valence-electron chi connectivity index (χ3n) is 2.22. The summed E-state index contributed by atoms with van der Waals surface area (Å²) in [6.45, 7) is 0. The highest BCUT2D eigenvalue weighted by Crippen LogP contribution is 2.11. The van der Waals surface area contributed by atoms with Gasteiger partial charge >= 0.3 is 0 Å². The number of benzene rings is 2. The van der Waals surface area contributed by atoms with E-state index in [-0.39, 0.29) is 0 Å². The number of hydrogen-bond acceptors (Lipinski definition) is 1. The van der Waals surface area contributed by atoms with Gasteiger partial charge in [-0.15, -0.1) is 0 Å². The quantitative estimate of drug-likeness (QED) is 0.714. The van der Waals surface area contributed by atoms with Gasteiger partial charge in [0.1, 0.15) is 0 Å². The molecule has 0 saturated carbocycles. The molecule has 2 aromatic rings. The summed E-state index contributed by atoms with van der Waals surface area (Å²) >= 11 is 3.41. The Labute approximate surface area is 110 Å². The van der Waals surface area contributed by atoms with Crippen molar-refractivity contribution in [2.75, 3.05) is 0 Å². The summed E-state index contributed by atoms with van der Waals surface area (Å²) in [6.07, 6.45) is 5.77. The molecule has 0 spiro atoms. The molecule has 0 heterocycles. The molecule has 0 amide bonds. The normalized spacial score (nSPS) is 11.4. The molecule has 0 aliphatic carbocycles. The minimum absolute atomic E-state index is 0.966. The molecule has 0 unspecified atom stereocenters. The number of rotatable bonds is 3. The van der Waals surface area contributed by atoms with E-state index in [1.54, 1.807) is 6.21 Å². The summed E-state index contributed by atoms with van der Waals surface area (Å²) in [4.78, 5) is 4.32. The van der Waals surface area contributed by atoms with Gasteiger partial charge in [-0.3, -0.25) is 4.99 Å². The van der Waals surface area contributed by atoms with Gasteiger partial charge in [0.2, 0.25) is 0 Å². The van der Waals surface area contributed by atoms with E-state index < -0.39 is 0 Å². The van der Waals surface area contributed by atoms with E-state index in [9.17, 15) is 0 Å². The van der Waals surface area contributed by atoms with E-state index in [0.717, 1.165) is 15.7 Å². The first-order valence-electron chi connectivity index (χ1n) is 5.36. The van der Waals surface area contributed by atoms with E-state index in [1.807, 2.05) is 54.6 Å². The van der Waals surface area contributed by atoms with Gasteiger partial charge in [0.25, 0.3) is 0 Å². The fourth-order valence-electron chi connectivity index (χ4n) is 1.37. The van der Waals surface area contributed by atoms with Crippen LogP contribution in [0.5, 0.6) is 0 Å². The average Bonchev–Trinajstić information content (AvgIpc) is 2.38. The van der Waals surface area contributed by atoms with Gasteiger partial charge in [-0.1, -0.05) is 52.3 Å². The Morgan fingerprint density at radius 2 is 1.59 bits per heavy atom. The molecule has 0 atom stereocenters. The van der Waals surface area contributed by atoms with Crippen LogP contribution in [0, 0.1) is 0 Å². The SMILES string of the molecule is Brc1ccc(/C=C/C=Nc2ccccc2)cc1. The van der Waals surface area contributed by atoms with Crippen LogP contribution in [-0.4, -0.2) is 6.21 Å². The lowest BCUT2D eigenvalue weighted by atomic mass is 10.2. The number of hydrogen-bond donors (Lipinski definition) is 0. The highest BCUT2D eigenvalue weighted by atomic mass is 79.9. The third-order valence-corrected chi connectivity index (χ3v) is 2.75. The third kappa shape index (κ3) is 4.00. The molecule has 0 aromatic heterocycles. The molecule has 84 valence electrons. The maximum atomic E-state index is 4.32. The van der Waals surface area contributed by atoms with Crippen molar-refractivity contribution in [3.8, 4) is 0 Å². The Bertz CT molecular complexity index is 512. The lowest BCUT2D eigenvalue weighted by Gasteiger charge is -1.92. The number of nitrogens with zero attached hydrogens (tertiary/aromatic N) is 1. The van der Waals surface area contributed by atoms with E-state index in [2.05, 4.69) is 33.1 Å². The van der Waals surface area contributed by atoms with Crippen LogP contribution < -0.4 is 0 Å². The molecular weight excluding hydrogens is 274 g/mol. The van der Waals surface area contributed by atoms with Crippen molar-refractivity contribution in [1.82, 2.24) is 0 Å². The van der Waals surface area contributed by atoms with Crippen molar-refractivity contribution in [3.05, 3.63) is 70.7 Å². The van der Waals surface area contributed by atoms with Crippen LogP contribution in [0.25, 0.3) is 6.08 Å². The van der Waals surface area contributed by atoms with Crippen molar-refractivity contribution in [1.29, 1.82) is 0 Å². The maximum Gasteiger partial charge on any atom is 0.0629 e. The maximum absolute atomic E-state index is 4.32. The smallest absolute Gasteiger partial charge is 0.0629 e. The van der Waals surface area contributed by atoms with Crippen LogP contribution in [0.15, 0.2) is 70.1 Å². The average molecular weight is 286 g/mol. The van der Waals surface area contributed by atoms with Crippen LogP contribution in [0.1, 0.15) is 5.56 Å². The van der Waals surface area contributed by atoms with E-state index in [1.165, 1.54) is 0 Å². The minimum atomic E-state index is 0.966. The first-order valence-corrected chi connectivity index (χ1v) is 6.15. The van der Waals surface area contributed by atoms with E-state index in [4.69, 9.17) is 0 Å². The minimum Gasteiger partial charge on any atom is -0.257 e. The Morgan fingerprint density at radius 3 is 2.29 bits per heavy atom. The summed E-state index contributed by atoms with van der Waals surface area (Å²) < 4.78 is 1.09. The zero-order valence-electron chi connectivity index (χ0n) is 9.25. The number of allylic oxidation sites excluding steroid dienone is 1. The van der Waals surface area contributed by atoms with E-state index in [0.29, 0.717) is 0 Å². The van der Waals surface area contributed by atoms with Gasteiger partial charge in [-0.25, -0.2) is 0 Å². The van der Waals surface area contributed by atoms with Gasteiger partial charge in [0.15, 0.2) is 0 Å². The zero-order valence-corrected chi connectivity index (χ0v) is 10.8. The molecule has 2 aromatic carbocycles. The molecule has 0 bridgehead atoms. The molecule has 1 nitrogen and oxygen atoms in total. The van der Waals surface area contributed by atoms with E-state index >= 15 is 0 Å². The highest BCUT2D eigenvalue weighted by Gasteiger charge is 1.86. The molecule has 0 saturated heterocycles. The van der Waals surface area contributed by atoms with Crippen molar-refractivity contribution < 1.29 is 0 Å². The predicted molar refractivity (Wildman–Crippen MR) is 77.8 cm³/mol. The molecule has 17 heavy (non-hydrogen) atoms. The second-order valence-corrected chi connectivity index (χ2v) is 4.44. The van der Waals surface area contributed by atoms with Gasteiger partial charge in [-0.2, -0.15) is 0 Å². The van der Waals surface area contributed by atoms with Gasteiger partial charge < -0.3 is 0 Å². The Morgan fingerprint density at radius 1 is 0.882 bits per heavy atom. The molecule has 2 heteroatoms. The first kappa shape index (κ1) is 11.8. The molecule has 0 radical (unpaired) electrons. The molecular formula is C15H12BrN. The Hall–Kier alpha value is -1.67. The fraction of sp³-hybridized carbons (Fsp3) is 0. The van der Waals surface area contributed by atoms with Crippen LogP contribution in [0.3, 0.4) is 0 Å². The topological polar surface area (TPSA) is 12.4 Å². The molecule has 2 rings (SSSR count). The zero-order chi connectivity index (χ0) is 11.9. The summed E-state index contributed by atoms with van der Waals surface area (Å²) in [7, 11) is 0. The van der Waals surface area contributed by atoms with Crippen LogP contribution >= 0.6 is 15.9 Å². The summed E-state index contributed by atoms with van der Waals surface area (Å²) in [5.41, 5.74) is 2.13. The Balaban J connectivity index is 1.98. The number of halogens is 1. The summed E-state index contributed by atoms with van der Waals surface area (Å²) in [5, 5.41) is 0. The highest BCUT2D eigenvalue weighted by molar-refractivity contribution is 9.10. The lowest BCUT2D eigenvalue weighted by Crippen LogP contribution is -1.71. The van der Waals surface area contributed by atoms with Crippen molar-refractivity contribution in [2.45, 2.75) is 0 Å². The van der Waals surface area contributed by atoms with Crippen LogP contribution in [0.2, 0.25) is 0 Å². The monoisotopic (exact) mass is 285 g/mol. The van der Waals surface area contributed by atoms with Crippen molar-refractivity contribution in [3.63, 3.8) is 0 Å². The largest absolute Gasteiger partial charge is 0.257 e. The standard InChI is InChI=1S/C15H12BrN/c16-14-10-8-13(9-11-14)5-4-12-17-15-6-2-1-3-7-15/h1-12H/b5-4+,17-12?. The van der Waals surface area contributed by atoms with Crippen LogP contribution in [0.4, 0.5) is 5.69 Å². The fourth-order valence-corrected chi connectivity index (χ4v) is 1.64. The molecule has 0 N–H and O–H groups in total. The second kappa shape index (κ2) is 6.16. The van der Waals surface area contributed by atoms with Gasteiger partial charge in [0.05, 0.1) is 5.69 Å². The molecule has 0 fully saturated rings. The summed E-state index contributed by atoms with van der Waals surface area (Å²) in [5.74, 6) is 0. The Kier molecular flexibility index (Phi) is 4.28. The molecule has 0 aliphatic rings. The van der Waals surface area contributed by atoms with Crippen molar-refractivity contribution >= 4 is 33.9 Å². The van der Waals surface area contributed by atoms with Crippen LogP contribution in [-0.2, 0) is 0 Å². The van der Waals surface area contributed by atoms with Gasteiger partial charge in [-0.05, 0) is 35.9 Å².